The molecule has 0 bridgehead atoms. The third-order valence-electron chi connectivity index (χ3n) is 2.54. The molecule has 110 valence electrons. The van der Waals surface area contributed by atoms with Crippen molar-refractivity contribution in [1.29, 1.82) is 0 Å². The van der Waals surface area contributed by atoms with Crippen molar-refractivity contribution in [1.82, 2.24) is 5.32 Å². The maximum atomic E-state index is 11.9. The average molecular weight is 318 g/mol. The van der Waals surface area contributed by atoms with E-state index in [1.54, 1.807) is 31.2 Å². The van der Waals surface area contributed by atoms with Gasteiger partial charge in [-0.1, -0.05) is 11.6 Å². The molecule has 0 aliphatic carbocycles. The summed E-state index contributed by atoms with van der Waals surface area (Å²) in [6.45, 7) is 2.98. The maximum absolute atomic E-state index is 11.9. The number of hydrogen-bond donors (Lipinski definition) is 3. The number of nitrogens with one attached hydrogen (secondary N) is 1. The minimum absolute atomic E-state index is 0.446. The van der Waals surface area contributed by atoms with E-state index in [0.717, 1.165) is 4.90 Å². The van der Waals surface area contributed by atoms with E-state index in [0.29, 0.717) is 5.02 Å². The van der Waals surface area contributed by atoms with Crippen LogP contribution in [0.1, 0.15) is 13.8 Å². The third-order valence-corrected chi connectivity index (χ3v) is 3.91. The summed E-state index contributed by atoms with van der Waals surface area (Å²) >= 11 is 7.05. The Labute approximate surface area is 126 Å². The largest absolute Gasteiger partial charge is 0.480 e. The van der Waals surface area contributed by atoms with Gasteiger partial charge in [-0.25, -0.2) is 4.79 Å². The molecule has 0 fully saturated rings. The van der Waals surface area contributed by atoms with Gasteiger partial charge in [0.15, 0.2) is 6.04 Å². The fourth-order valence-corrected chi connectivity index (χ4v) is 2.43. The zero-order valence-corrected chi connectivity index (χ0v) is 12.6. The summed E-state index contributed by atoms with van der Waals surface area (Å²) in [4.78, 5) is 23.6. The fourth-order valence-electron chi connectivity index (χ4n) is 1.43. The van der Waals surface area contributed by atoms with Gasteiger partial charge in [0.05, 0.1) is 11.4 Å². The highest BCUT2D eigenvalue weighted by molar-refractivity contribution is 8.00. The van der Waals surface area contributed by atoms with Crippen LogP contribution in [0, 0.1) is 0 Å². The van der Waals surface area contributed by atoms with Gasteiger partial charge in [-0.2, -0.15) is 0 Å². The number of aliphatic carboxylic acids is 1. The quantitative estimate of drug-likeness (QED) is 0.696. The van der Waals surface area contributed by atoms with Crippen molar-refractivity contribution in [2.45, 2.75) is 36.1 Å². The Balaban J connectivity index is 2.62. The van der Waals surface area contributed by atoms with Gasteiger partial charge < -0.3 is 15.5 Å². The number of carboxylic acids is 1. The Bertz CT molecular complexity index is 478. The number of aliphatic hydroxyl groups is 1. The van der Waals surface area contributed by atoms with E-state index >= 15 is 0 Å². The number of carbonyl (C=O) groups is 2. The van der Waals surface area contributed by atoms with Crippen molar-refractivity contribution in [2.75, 3.05) is 0 Å². The minimum Gasteiger partial charge on any atom is -0.480 e. The molecule has 0 aliphatic heterocycles. The molecule has 1 aromatic carbocycles. The second-order valence-corrected chi connectivity index (χ2v) is 6.13. The molecule has 0 aromatic heterocycles. The van der Waals surface area contributed by atoms with Crippen molar-refractivity contribution in [3.63, 3.8) is 0 Å². The number of aliphatic hydroxyl groups excluding tert-OH is 1. The highest BCUT2D eigenvalue weighted by atomic mass is 35.5. The van der Waals surface area contributed by atoms with Gasteiger partial charge in [-0.05, 0) is 38.1 Å². The first-order valence-corrected chi connectivity index (χ1v) is 7.20. The molecule has 20 heavy (non-hydrogen) atoms. The van der Waals surface area contributed by atoms with Crippen LogP contribution in [-0.2, 0) is 9.59 Å². The lowest BCUT2D eigenvalue weighted by molar-refractivity contribution is -0.144. The Morgan fingerprint density at radius 2 is 1.80 bits per heavy atom. The van der Waals surface area contributed by atoms with Crippen LogP contribution in [0.5, 0.6) is 0 Å². The van der Waals surface area contributed by atoms with Crippen molar-refractivity contribution < 1.29 is 19.8 Å². The van der Waals surface area contributed by atoms with E-state index in [4.69, 9.17) is 16.7 Å². The standard InChI is InChI=1S/C13H16ClNO4S/c1-7(16)11(13(18)19)15-12(17)8(2)20-10-5-3-9(14)4-6-10/h3-8,11,16H,1-2H3,(H,15,17)(H,18,19). The second-order valence-electron chi connectivity index (χ2n) is 4.28. The van der Waals surface area contributed by atoms with Crippen LogP contribution in [0.4, 0.5) is 0 Å². The van der Waals surface area contributed by atoms with Gasteiger partial charge >= 0.3 is 5.97 Å². The Hall–Kier alpha value is -1.24. The van der Waals surface area contributed by atoms with Crippen molar-refractivity contribution in [2.24, 2.45) is 0 Å². The first-order valence-electron chi connectivity index (χ1n) is 5.94. The number of benzene rings is 1. The topological polar surface area (TPSA) is 86.6 Å². The molecule has 0 radical (unpaired) electrons. The molecule has 0 saturated heterocycles. The normalized spacial score (nSPS) is 15.2. The van der Waals surface area contributed by atoms with Gasteiger partial charge in [0.1, 0.15) is 0 Å². The van der Waals surface area contributed by atoms with E-state index in [1.807, 2.05) is 0 Å². The summed E-state index contributed by atoms with van der Waals surface area (Å²) in [6.07, 6.45) is -1.16. The van der Waals surface area contributed by atoms with Crippen LogP contribution in [0.15, 0.2) is 29.2 Å². The van der Waals surface area contributed by atoms with Crippen LogP contribution in [-0.4, -0.2) is 39.5 Å². The molecule has 5 nitrogen and oxygen atoms in total. The first kappa shape index (κ1) is 16.8. The summed E-state index contributed by atoms with van der Waals surface area (Å²) in [5.74, 6) is -1.71. The number of thioether (sulfide) groups is 1. The molecule has 3 atom stereocenters. The van der Waals surface area contributed by atoms with Crippen LogP contribution in [0.25, 0.3) is 0 Å². The molecule has 0 aliphatic rings. The fraction of sp³-hybridized carbons (Fsp3) is 0.385. The van der Waals surface area contributed by atoms with Crippen LogP contribution >= 0.6 is 23.4 Å². The lowest BCUT2D eigenvalue weighted by Gasteiger charge is -2.19. The highest BCUT2D eigenvalue weighted by Crippen LogP contribution is 2.24. The highest BCUT2D eigenvalue weighted by Gasteiger charge is 2.27. The molecule has 3 unspecified atom stereocenters. The van der Waals surface area contributed by atoms with E-state index in [9.17, 15) is 14.7 Å². The number of carbonyl (C=O) groups excluding carboxylic acids is 1. The second kappa shape index (κ2) is 7.52. The number of amides is 1. The third kappa shape index (κ3) is 5.03. The molecule has 1 aromatic rings. The molecule has 3 N–H and O–H groups in total. The van der Waals surface area contributed by atoms with Gasteiger partial charge in [0.25, 0.3) is 0 Å². The summed E-state index contributed by atoms with van der Waals surface area (Å²) in [5.41, 5.74) is 0. The minimum atomic E-state index is -1.31. The number of hydrogen-bond acceptors (Lipinski definition) is 4. The average Bonchev–Trinajstić information content (AvgIpc) is 2.37. The van der Waals surface area contributed by atoms with E-state index < -0.39 is 29.3 Å². The van der Waals surface area contributed by atoms with Crippen LogP contribution < -0.4 is 5.32 Å². The molecule has 1 rings (SSSR count). The molecule has 0 heterocycles. The van der Waals surface area contributed by atoms with E-state index in [2.05, 4.69) is 5.32 Å². The lowest BCUT2D eigenvalue weighted by Crippen LogP contribution is -2.49. The Kier molecular flexibility index (Phi) is 6.32. The van der Waals surface area contributed by atoms with Gasteiger partial charge in [-0.3, -0.25) is 4.79 Å². The van der Waals surface area contributed by atoms with E-state index in [1.165, 1.54) is 18.7 Å². The summed E-state index contributed by atoms with van der Waals surface area (Å²) < 4.78 is 0. The van der Waals surface area contributed by atoms with Crippen molar-refractivity contribution in [3.05, 3.63) is 29.3 Å². The van der Waals surface area contributed by atoms with Crippen molar-refractivity contribution in [3.8, 4) is 0 Å². The van der Waals surface area contributed by atoms with Crippen LogP contribution in [0.2, 0.25) is 5.02 Å². The first-order chi connectivity index (χ1) is 9.31. The van der Waals surface area contributed by atoms with Gasteiger partial charge in [-0.15, -0.1) is 11.8 Å². The monoisotopic (exact) mass is 317 g/mol. The molecular formula is C13H16ClNO4S. The molecular weight excluding hydrogens is 302 g/mol. The van der Waals surface area contributed by atoms with Crippen LogP contribution in [0.3, 0.4) is 0 Å². The summed E-state index contributed by atoms with van der Waals surface area (Å²) in [6, 6.07) is 5.67. The van der Waals surface area contributed by atoms with Crippen molar-refractivity contribution >= 4 is 35.2 Å². The Morgan fingerprint density at radius 3 is 2.25 bits per heavy atom. The lowest BCUT2D eigenvalue weighted by atomic mass is 10.2. The molecule has 1 amide bonds. The predicted molar refractivity (Wildman–Crippen MR) is 78.0 cm³/mol. The van der Waals surface area contributed by atoms with Gasteiger partial charge in [0.2, 0.25) is 5.91 Å². The SMILES string of the molecule is CC(Sc1ccc(Cl)cc1)C(=O)NC(C(=O)O)C(C)O. The van der Waals surface area contributed by atoms with E-state index in [-0.39, 0.29) is 0 Å². The number of halogens is 1. The summed E-state index contributed by atoms with van der Waals surface area (Å²) in [7, 11) is 0. The molecule has 0 spiro atoms. The van der Waals surface area contributed by atoms with Gasteiger partial charge in [0, 0.05) is 9.92 Å². The zero-order chi connectivity index (χ0) is 15.3. The maximum Gasteiger partial charge on any atom is 0.328 e. The Morgan fingerprint density at radius 1 is 1.25 bits per heavy atom. The predicted octanol–water partition coefficient (Wildman–Crippen LogP) is 1.77. The smallest absolute Gasteiger partial charge is 0.328 e. The molecule has 0 saturated carbocycles. The summed E-state index contributed by atoms with van der Waals surface area (Å²) in [5, 5.41) is 20.6. The number of carboxylic acid groups (broad SMARTS) is 1. The molecule has 7 heteroatoms. The number of rotatable bonds is 6. The zero-order valence-electron chi connectivity index (χ0n) is 11.0.